The molecule has 1 N–H and O–H groups in total. The van der Waals surface area contributed by atoms with Crippen molar-refractivity contribution in [2.45, 2.75) is 38.6 Å². The summed E-state index contributed by atoms with van der Waals surface area (Å²) in [6, 6.07) is -0.425. The van der Waals surface area contributed by atoms with Crippen molar-refractivity contribution >= 4 is 11.9 Å². The van der Waals surface area contributed by atoms with Crippen molar-refractivity contribution in [3.63, 3.8) is 0 Å². The van der Waals surface area contributed by atoms with Crippen molar-refractivity contribution in [1.82, 2.24) is 14.7 Å². The predicted molar refractivity (Wildman–Crippen MR) is 73.1 cm³/mol. The van der Waals surface area contributed by atoms with Crippen LogP contribution in [0.1, 0.15) is 43.5 Å². The van der Waals surface area contributed by atoms with E-state index in [-0.39, 0.29) is 5.91 Å². The molecule has 2 unspecified atom stereocenters. The van der Waals surface area contributed by atoms with Gasteiger partial charge in [-0.05, 0) is 19.3 Å². The molecule has 0 radical (unpaired) electrons. The van der Waals surface area contributed by atoms with Crippen LogP contribution < -0.4 is 0 Å². The summed E-state index contributed by atoms with van der Waals surface area (Å²) in [4.78, 5) is 25.2. The topological polar surface area (TPSA) is 75.4 Å². The van der Waals surface area contributed by atoms with Gasteiger partial charge in [-0.3, -0.25) is 14.3 Å². The Labute approximate surface area is 118 Å². The van der Waals surface area contributed by atoms with Gasteiger partial charge in [0.1, 0.15) is 0 Å². The number of hydrogen-bond donors (Lipinski definition) is 1. The lowest BCUT2D eigenvalue weighted by atomic mass is 9.89. The lowest BCUT2D eigenvalue weighted by Crippen LogP contribution is -2.36. The Morgan fingerprint density at radius 3 is 2.80 bits per heavy atom. The van der Waals surface area contributed by atoms with Crippen LogP contribution in [0.5, 0.6) is 0 Å². The summed E-state index contributed by atoms with van der Waals surface area (Å²) < 4.78 is 1.69. The second-order valence-electron chi connectivity index (χ2n) is 5.34. The summed E-state index contributed by atoms with van der Waals surface area (Å²) in [7, 11) is 3.51. The summed E-state index contributed by atoms with van der Waals surface area (Å²) in [5, 5.41) is 13.9. The molecule has 6 heteroatoms. The maximum Gasteiger partial charge on any atom is 0.308 e. The molecule has 0 saturated carbocycles. The highest BCUT2D eigenvalue weighted by Crippen LogP contribution is 2.36. The number of carboxylic acids is 1. The van der Waals surface area contributed by atoms with Crippen LogP contribution in [0, 0.1) is 5.92 Å². The van der Waals surface area contributed by atoms with E-state index in [9.17, 15) is 14.7 Å². The van der Waals surface area contributed by atoms with Crippen LogP contribution in [-0.2, 0) is 23.1 Å². The minimum Gasteiger partial charge on any atom is -0.481 e. The number of nitrogens with zero attached hydrogens (tertiary/aromatic N) is 3. The van der Waals surface area contributed by atoms with Gasteiger partial charge in [0.2, 0.25) is 5.91 Å². The lowest BCUT2D eigenvalue weighted by Gasteiger charge is -2.30. The van der Waals surface area contributed by atoms with Crippen LogP contribution in [0.2, 0.25) is 0 Å². The third-order valence-electron chi connectivity index (χ3n) is 4.01. The molecular formula is C14H21N3O3. The Morgan fingerprint density at radius 1 is 1.50 bits per heavy atom. The number of aliphatic carboxylic acids is 1. The molecule has 6 nitrogen and oxygen atoms in total. The summed E-state index contributed by atoms with van der Waals surface area (Å²) in [5.74, 6) is -1.41. The van der Waals surface area contributed by atoms with E-state index < -0.39 is 17.9 Å². The highest BCUT2D eigenvalue weighted by Gasteiger charge is 2.38. The average Bonchev–Trinajstić information content (AvgIpc) is 2.70. The highest BCUT2D eigenvalue weighted by atomic mass is 16.4. The van der Waals surface area contributed by atoms with E-state index in [0.29, 0.717) is 19.3 Å². The van der Waals surface area contributed by atoms with E-state index in [0.717, 1.165) is 17.7 Å². The molecule has 20 heavy (non-hydrogen) atoms. The van der Waals surface area contributed by atoms with Crippen LogP contribution in [-0.4, -0.2) is 38.7 Å². The third kappa shape index (κ3) is 2.55. The van der Waals surface area contributed by atoms with E-state index in [1.54, 1.807) is 16.6 Å². The number of rotatable bonds is 3. The van der Waals surface area contributed by atoms with Crippen LogP contribution in [0.4, 0.5) is 0 Å². The van der Waals surface area contributed by atoms with Gasteiger partial charge in [-0.2, -0.15) is 5.10 Å². The quantitative estimate of drug-likeness (QED) is 0.906. The zero-order chi connectivity index (χ0) is 14.9. The Hall–Kier alpha value is -1.85. The second kappa shape index (κ2) is 5.64. The molecule has 0 bridgehead atoms. The number of likely N-dealkylation sites (tertiary alicyclic amines) is 1. The van der Waals surface area contributed by atoms with Gasteiger partial charge in [-0.25, -0.2) is 0 Å². The first-order valence-electron chi connectivity index (χ1n) is 6.96. The van der Waals surface area contributed by atoms with Gasteiger partial charge in [0.05, 0.1) is 17.7 Å². The number of carbonyl (C=O) groups excluding carboxylic acids is 1. The van der Waals surface area contributed by atoms with Crippen LogP contribution in [0.15, 0.2) is 6.20 Å². The molecule has 2 atom stereocenters. The highest BCUT2D eigenvalue weighted by molar-refractivity contribution is 5.79. The van der Waals surface area contributed by atoms with Crippen LogP contribution in [0.3, 0.4) is 0 Å². The van der Waals surface area contributed by atoms with Crippen LogP contribution >= 0.6 is 0 Å². The van der Waals surface area contributed by atoms with Gasteiger partial charge in [-0.1, -0.05) is 6.92 Å². The normalized spacial score (nSPS) is 23.8. The molecule has 110 valence electrons. The predicted octanol–water partition coefficient (Wildman–Crippen LogP) is 1.37. The smallest absolute Gasteiger partial charge is 0.308 e. The molecule has 2 heterocycles. The number of aromatic nitrogens is 2. The van der Waals surface area contributed by atoms with Gasteiger partial charge in [0, 0.05) is 32.3 Å². The van der Waals surface area contributed by atoms with Crippen molar-refractivity contribution in [1.29, 1.82) is 0 Å². The third-order valence-corrected chi connectivity index (χ3v) is 4.01. The maximum atomic E-state index is 12.1. The fraction of sp³-hybridized carbons (Fsp3) is 0.643. The first-order valence-corrected chi connectivity index (χ1v) is 6.96. The van der Waals surface area contributed by atoms with Crippen molar-refractivity contribution in [2.24, 2.45) is 13.0 Å². The molecule has 0 aromatic carbocycles. The molecule has 2 rings (SSSR count). The van der Waals surface area contributed by atoms with E-state index in [1.807, 2.05) is 20.2 Å². The largest absolute Gasteiger partial charge is 0.481 e. The Balaban J connectivity index is 2.49. The van der Waals surface area contributed by atoms with E-state index in [4.69, 9.17) is 0 Å². The fourth-order valence-electron chi connectivity index (χ4n) is 2.99. The van der Waals surface area contributed by atoms with E-state index in [2.05, 4.69) is 5.10 Å². The number of hydrogen-bond acceptors (Lipinski definition) is 3. The minimum atomic E-state index is -0.845. The molecule has 1 aliphatic heterocycles. The van der Waals surface area contributed by atoms with Crippen molar-refractivity contribution < 1.29 is 14.7 Å². The number of carboxylic acid groups (broad SMARTS) is 1. The lowest BCUT2D eigenvalue weighted by molar-refractivity contribution is -0.145. The Morgan fingerprint density at radius 2 is 2.20 bits per heavy atom. The summed E-state index contributed by atoms with van der Waals surface area (Å²) in [6.45, 7) is 1.99. The van der Waals surface area contributed by atoms with E-state index >= 15 is 0 Å². The van der Waals surface area contributed by atoms with Crippen molar-refractivity contribution in [3.8, 4) is 0 Å². The second-order valence-corrected chi connectivity index (χ2v) is 5.34. The number of amides is 1. The zero-order valence-electron chi connectivity index (χ0n) is 12.2. The van der Waals surface area contributed by atoms with Gasteiger partial charge in [-0.15, -0.1) is 0 Å². The molecule has 1 fully saturated rings. The van der Waals surface area contributed by atoms with Crippen molar-refractivity contribution in [3.05, 3.63) is 17.5 Å². The minimum absolute atomic E-state index is 0.00431. The monoisotopic (exact) mass is 279 g/mol. The zero-order valence-corrected chi connectivity index (χ0v) is 12.2. The number of carbonyl (C=O) groups is 2. The van der Waals surface area contributed by atoms with Gasteiger partial charge in [0.25, 0.3) is 0 Å². The average molecular weight is 279 g/mol. The molecule has 0 spiro atoms. The molecule has 1 amide bonds. The molecule has 1 aliphatic rings. The standard InChI is InChI=1S/C14H21N3O3/c1-4-11-10(8-16(2)15-11)13-9(14(19)20)6-5-7-12(18)17(13)3/h8-9,13H,4-7H2,1-3H3,(H,19,20). The van der Waals surface area contributed by atoms with Crippen LogP contribution in [0.25, 0.3) is 0 Å². The van der Waals surface area contributed by atoms with Gasteiger partial charge < -0.3 is 10.0 Å². The van der Waals surface area contributed by atoms with Gasteiger partial charge >= 0.3 is 5.97 Å². The van der Waals surface area contributed by atoms with Gasteiger partial charge in [0.15, 0.2) is 0 Å². The summed E-state index contributed by atoms with van der Waals surface area (Å²) in [6.07, 6.45) is 4.13. The number of aryl methyl sites for hydroxylation is 2. The molecule has 1 saturated heterocycles. The van der Waals surface area contributed by atoms with E-state index in [1.165, 1.54) is 0 Å². The summed E-state index contributed by atoms with van der Waals surface area (Å²) >= 11 is 0. The Bertz CT molecular complexity index is 524. The maximum absolute atomic E-state index is 12.1. The first-order chi connectivity index (χ1) is 9.45. The molecule has 1 aromatic rings. The Kier molecular flexibility index (Phi) is 4.11. The summed E-state index contributed by atoms with van der Waals surface area (Å²) in [5.41, 5.74) is 1.73. The molecule has 0 aliphatic carbocycles. The van der Waals surface area contributed by atoms with Crippen molar-refractivity contribution in [2.75, 3.05) is 7.05 Å². The molecule has 1 aromatic heterocycles. The fourth-order valence-corrected chi connectivity index (χ4v) is 2.99. The first kappa shape index (κ1) is 14.6. The molecular weight excluding hydrogens is 258 g/mol. The SMILES string of the molecule is CCc1nn(C)cc1C1C(C(=O)O)CCCC(=O)N1C.